The van der Waals surface area contributed by atoms with Gasteiger partial charge in [0.05, 0.1) is 19.8 Å². The van der Waals surface area contributed by atoms with E-state index in [2.05, 4.69) is 46.5 Å². The van der Waals surface area contributed by atoms with Crippen LogP contribution in [0.15, 0.2) is 59.6 Å². The lowest BCUT2D eigenvalue weighted by Crippen LogP contribution is -2.39. The fourth-order valence-corrected chi connectivity index (χ4v) is 3.27. The van der Waals surface area contributed by atoms with Crippen LogP contribution in [0.25, 0.3) is 0 Å². The standard InChI is InChI=1S/C24H32N4O2/c1-3-19(2)20-9-11-22(12-10-20)26-24(25-13-14-28-15-17-30-18-16-28)27-23(29)21-7-5-4-6-8-21/h4-12,19H,3,13-18H2,1-2H3,(H2,25,26,27,29)/t19-/m1/s1. The minimum Gasteiger partial charge on any atom is -0.379 e. The Bertz CT molecular complexity index is 815. The molecule has 1 aliphatic heterocycles. The molecule has 30 heavy (non-hydrogen) atoms. The Morgan fingerprint density at radius 2 is 1.80 bits per heavy atom. The van der Waals surface area contributed by atoms with Crippen molar-refractivity contribution in [3.8, 4) is 0 Å². The van der Waals surface area contributed by atoms with Crippen molar-refractivity contribution in [1.82, 2.24) is 10.2 Å². The first kappa shape index (κ1) is 22.0. The summed E-state index contributed by atoms with van der Waals surface area (Å²) in [6.07, 6.45) is 1.11. The summed E-state index contributed by atoms with van der Waals surface area (Å²) in [5, 5.41) is 6.20. The Kier molecular flexibility index (Phi) is 8.41. The van der Waals surface area contributed by atoms with Gasteiger partial charge in [-0.2, -0.15) is 0 Å². The number of amides is 1. The zero-order chi connectivity index (χ0) is 21.2. The van der Waals surface area contributed by atoms with Gasteiger partial charge in [0.1, 0.15) is 0 Å². The SMILES string of the molecule is CC[C@@H](C)c1ccc(NC(=NCCN2CCOCC2)NC(=O)c2ccccc2)cc1. The zero-order valence-electron chi connectivity index (χ0n) is 17.9. The second-order valence-corrected chi connectivity index (χ2v) is 7.56. The molecule has 2 aromatic carbocycles. The predicted molar refractivity (Wildman–Crippen MR) is 122 cm³/mol. The van der Waals surface area contributed by atoms with Crippen molar-refractivity contribution in [1.29, 1.82) is 0 Å². The van der Waals surface area contributed by atoms with Crippen LogP contribution in [0.4, 0.5) is 5.69 Å². The monoisotopic (exact) mass is 408 g/mol. The highest BCUT2D eigenvalue weighted by molar-refractivity contribution is 6.09. The average Bonchev–Trinajstić information content (AvgIpc) is 2.80. The van der Waals surface area contributed by atoms with Crippen LogP contribution < -0.4 is 10.6 Å². The van der Waals surface area contributed by atoms with Gasteiger partial charge in [0.2, 0.25) is 5.96 Å². The smallest absolute Gasteiger partial charge is 0.257 e. The van der Waals surface area contributed by atoms with Gasteiger partial charge in [-0.3, -0.25) is 20.0 Å². The number of morpholine rings is 1. The molecule has 1 aliphatic rings. The second kappa shape index (κ2) is 11.5. The molecule has 1 saturated heterocycles. The molecule has 6 nitrogen and oxygen atoms in total. The first-order chi connectivity index (χ1) is 14.7. The maximum absolute atomic E-state index is 12.6. The molecule has 1 atom stereocenters. The first-order valence-electron chi connectivity index (χ1n) is 10.7. The van der Waals surface area contributed by atoms with E-state index in [-0.39, 0.29) is 5.91 Å². The molecule has 0 aliphatic carbocycles. The van der Waals surface area contributed by atoms with Gasteiger partial charge in [-0.25, -0.2) is 0 Å². The van der Waals surface area contributed by atoms with Crippen molar-refractivity contribution in [2.75, 3.05) is 44.7 Å². The number of hydrogen-bond acceptors (Lipinski definition) is 4. The minimum absolute atomic E-state index is 0.176. The molecule has 0 radical (unpaired) electrons. The molecular weight excluding hydrogens is 376 g/mol. The molecule has 1 amide bonds. The lowest BCUT2D eigenvalue weighted by Gasteiger charge is -2.25. The van der Waals surface area contributed by atoms with Crippen molar-refractivity contribution in [2.45, 2.75) is 26.2 Å². The molecule has 2 N–H and O–H groups in total. The van der Waals surface area contributed by atoms with Crippen molar-refractivity contribution in [3.05, 3.63) is 65.7 Å². The van der Waals surface area contributed by atoms with Gasteiger partial charge < -0.3 is 10.1 Å². The molecule has 0 saturated carbocycles. The van der Waals surface area contributed by atoms with E-state index in [1.54, 1.807) is 12.1 Å². The summed E-state index contributed by atoms with van der Waals surface area (Å²) in [5.74, 6) is 0.816. The number of nitrogens with one attached hydrogen (secondary N) is 2. The van der Waals surface area contributed by atoms with Gasteiger partial charge >= 0.3 is 0 Å². The third kappa shape index (κ3) is 6.68. The molecular formula is C24H32N4O2. The van der Waals surface area contributed by atoms with Crippen LogP contribution in [-0.2, 0) is 4.74 Å². The Hall–Kier alpha value is -2.70. The Morgan fingerprint density at radius 1 is 1.10 bits per heavy atom. The van der Waals surface area contributed by atoms with E-state index in [0.29, 0.717) is 24.0 Å². The highest BCUT2D eigenvalue weighted by atomic mass is 16.5. The van der Waals surface area contributed by atoms with Crippen LogP contribution in [0.2, 0.25) is 0 Å². The molecule has 6 heteroatoms. The maximum atomic E-state index is 12.6. The van der Waals surface area contributed by atoms with Gasteiger partial charge in [0.25, 0.3) is 5.91 Å². The van der Waals surface area contributed by atoms with Crippen molar-refractivity contribution < 1.29 is 9.53 Å². The molecule has 0 spiro atoms. The highest BCUT2D eigenvalue weighted by Gasteiger charge is 2.12. The number of carbonyl (C=O) groups excluding carboxylic acids is 1. The summed E-state index contributed by atoms with van der Waals surface area (Å²) in [5.41, 5.74) is 2.81. The van der Waals surface area contributed by atoms with Crippen molar-refractivity contribution in [2.24, 2.45) is 4.99 Å². The number of nitrogens with zero attached hydrogens (tertiary/aromatic N) is 2. The lowest BCUT2D eigenvalue weighted by atomic mass is 9.99. The third-order valence-corrected chi connectivity index (χ3v) is 5.41. The van der Waals surface area contributed by atoms with Gasteiger partial charge in [-0.1, -0.05) is 44.2 Å². The topological polar surface area (TPSA) is 66.0 Å². The molecule has 0 bridgehead atoms. The molecule has 3 rings (SSSR count). The first-order valence-corrected chi connectivity index (χ1v) is 10.7. The summed E-state index contributed by atoms with van der Waals surface area (Å²) in [7, 11) is 0. The molecule has 1 fully saturated rings. The van der Waals surface area contributed by atoms with E-state index in [1.807, 2.05) is 30.3 Å². The molecule has 160 valence electrons. The number of carbonyl (C=O) groups is 1. The summed E-state index contributed by atoms with van der Waals surface area (Å²) < 4.78 is 5.40. The van der Waals surface area contributed by atoms with Gasteiger partial charge in [-0.15, -0.1) is 0 Å². The summed E-state index contributed by atoms with van der Waals surface area (Å²) in [4.78, 5) is 19.6. The Morgan fingerprint density at radius 3 is 2.47 bits per heavy atom. The zero-order valence-corrected chi connectivity index (χ0v) is 17.9. The van der Waals surface area contributed by atoms with E-state index >= 15 is 0 Å². The van der Waals surface area contributed by atoms with Crippen LogP contribution in [0.3, 0.4) is 0 Å². The number of anilines is 1. The molecule has 1 heterocycles. The number of hydrogen-bond donors (Lipinski definition) is 2. The normalized spacial score (nSPS) is 16.1. The van der Waals surface area contributed by atoms with Crippen LogP contribution in [-0.4, -0.2) is 56.2 Å². The van der Waals surface area contributed by atoms with E-state index in [1.165, 1.54) is 5.56 Å². The number of aliphatic imine (C=N–C) groups is 1. The average molecular weight is 409 g/mol. The number of rotatable bonds is 7. The molecule has 2 aromatic rings. The third-order valence-electron chi connectivity index (χ3n) is 5.41. The minimum atomic E-state index is -0.176. The number of ether oxygens (including phenoxy) is 1. The van der Waals surface area contributed by atoms with Gasteiger partial charge in [0, 0.05) is 30.9 Å². The lowest BCUT2D eigenvalue weighted by molar-refractivity contribution is 0.0394. The Balaban J connectivity index is 1.67. The summed E-state index contributed by atoms with van der Waals surface area (Å²) in [6, 6.07) is 17.5. The highest BCUT2D eigenvalue weighted by Crippen LogP contribution is 2.20. The Labute approximate surface area is 179 Å². The van der Waals surface area contributed by atoms with Crippen molar-refractivity contribution in [3.63, 3.8) is 0 Å². The summed E-state index contributed by atoms with van der Waals surface area (Å²) >= 11 is 0. The maximum Gasteiger partial charge on any atom is 0.257 e. The van der Waals surface area contributed by atoms with Crippen molar-refractivity contribution >= 4 is 17.6 Å². The van der Waals surface area contributed by atoms with E-state index in [4.69, 9.17) is 4.74 Å². The number of guanidine groups is 1. The fourth-order valence-electron chi connectivity index (χ4n) is 3.27. The van der Waals surface area contributed by atoms with Crippen LogP contribution in [0.5, 0.6) is 0 Å². The van der Waals surface area contributed by atoms with Gasteiger partial charge in [0.15, 0.2) is 0 Å². The predicted octanol–water partition coefficient (Wildman–Crippen LogP) is 3.73. The second-order valence-electron chi connectivity index (χ2n) is 7.56. The number of benzene rings is 2. The van der Waals surface area contributed by atoms with E-state index < -0.39 is 0 Å². The van der Waals surface area contributed by atoms with Crippen LogP contribution in [0.1, 0.15) is 42.1 Å². The largest absolute Gasteiger partial charge is 0.379 e. The van der Waals surface area contributed by atoms with E-state index in [9.17, 15) is 4.79 Å². The molecule has 0 unspecified atom stereocenters. The van der Waals surface area contributed by atoms with Gasteiger partial charge in [-0.05, 0) is 42.2 Å². The van der Waals surface area contributed by atoms with E-state index in [0.717, 1.165) is 45.0 Å². The summed E-state index contributed by atoms with van der Waals surface area (Å²) in [6.45, 7) is 9.23. The fraction of sp³-hybridized carbons (Fsp3) is 0.417. The van der Waals surface area contributed by atoms with Crippen LogP contribution in [0, 0.1) is 0 Å². The van der Waals surface area contributed by atoms with Crippen LogP contribution >= 0.6 is 0 Å². The quantitative estimate of drug-likeness (QED) is 0.541. The molecule has 0 aromatic heterocycles.